The minimum atomic E-state index is -0.353. The van der Waals surface area contributed by atoms with E-state index in [4.69, 9.17) is 4.74 Å². The van der Waals surface area contributed by atoms with Crippen molar-refractivity contribution in [2.45, 2.75) is 38.3 Å². The summed E-state index contributed by atoms with van der Waals surface area (Å²) < 4.78 is 5.01. The number of benzene rings is 1. The molecule has 18 heavy (non-hydrogen) atoms. The fourth-order valence-corrected chi connectivity index (χ4v) is 2.37. The smallest absolute Gasteiger partial charge is 0.277 e. The standard InChI is InChI=1S/C13H18N2O3/c1-18-12-7-6-10(13(8-12)15(16)17)9-14-11-4-2-3-5-11/h6-8,11,14H,2-5,9H2,1H3. The fourth-order valence-electron chi connectivity index (χ4n) is 2.37. The van der Waals surface area contributed by atoms with E-state index in [9.17, 15) is 10.1 Å². The molecule has 5 heteroatoms. The van der Waals surface area contributed by atoms with Crippen molar-refractivity contribution in [2.75, 3.05) is 7.11 Å². The Morgan fingerprint density at radius 2 is 2.17 bits per heavy atom. The first kappa shape index (κ1) is 12.8. The van der Waals surface area contributed by atoms with Crippen molar-refractivity contribution >= 4 is 5.69 Å². The van der Waals surface area contributed by atoms with Gasteiger partial charge in [0.25, 0.3) is 5.69 Å². The number of rotatable bonds is 5. The maximum absolute atomic E-state index is 11.0. The highest BCUT2D eigenvalue weighted by Gasteiger charge is 2.18. The number of nitrogens with one attached hydrogen (secondary N) is 1. The van der Waals surface area contributed by atoms with E-state index in [-0.39, 0.29) is 10.6 Å². The Labute approximate surface area is 106 Å². The normalized spacial score (nSPS) is 15.8. The molecule has 0 heterocycles. The lowest BCUT2D eigenvalue weighted by Crippen LogP contribution is -2.25. The molecule has 0 aromatic heterocycles. The highest BCUT2D eigenvalue weighted by molar-refractivity contribution is 5.46. The zero-order valence-electron chi connectivity index (χ0n) is 10.5. The van der Waals surface area contributed by atoms with Crippen LogP contribution in [0.25, 0.3) is 0 Å². The first-order chi connectivity index (χ1) is 8.70. The molecule has 0 bridgehead atoms. The van der Waals surface area contributed by atoms with Crippen LogP contribution in [0.1, 0.15) is 31.2 Å². The maximum atomic E-state index is 11.0. The summed E-state index contributed by atoms with van der Waals surface area (Å²) in [7, 11) is 1.51. The van der Waals surface area contributed by atoms with Crippen molar-refractivity contribution in [1.82, 2.24) is 5.32 Å². The summed E-state index contributed by atoms with van der Waals surface area (Å²) in [5, 5.41) is 14.4. The van der Waals surface area contributed by atoms with Crippen molar-refractivity contribution in [1.29, 1.82) is 0 Å². The molecule has 0 amide bonds. The van der Waals surface area contributed by atoms with E-state index in [0.29, 0.717) is 23.9 Å². The predicted octanol–water partition coefficient (Wildman–Crippen LogP) is 2.64. The molecule has 0 atom stereocenters. The Morgan fingerprint density at radius 3 is 2.78 bits per heavy atom. The number of hydrogen-bond acceptors (Lipinski definition) is 4. The van der Waals surface area contributed by atoms with Crippen LogP contribution in [-0.4, -0.2) is 18.1 Å². The topological polar surface area (TPSA) is 64.4 Å². The van der Waals surface area contributed by atoms with E-state index in [2.05, 4.69) is 5.32 Å². The molecule has 98 valence electrons. The first-order valence-electron chi connectivity index (χ1n) is 6.25. The molecule has 0 radical (unpaired) electrons. The van der Waals surface area contributed by atoms with Gasteiger partial charge in [-0.05, 0) is 25.0 Å². The molecule has 1 aliphatic carbocycles. The largest absolute Gasteiger partial charge is 0.497 e. The number of nitro benzene ring substituents is 1. The van der Waals surface area contributed by atoms with Crippen LogP contribution < -0.4 is 10.1 Å². The second-order valence-corrected chi connectivity index (χ2v) is 4.61. The van der Waals surface area contributed by atoms with Gasteiger partial charge in [0.15, 0.2) is 0 Å². The second-order valence-electron chi connectivity index (χ2n) is 4.61. The molecule has 0 unspecified atom stereocenters. The van der Waals surface area contributed by atoms with Gasteiger partial charge in [0.2, 0.25) is 0 Å². The molecule has 0 aliphatic heterocycles. The molecular weight excluding hydrogens is 232 g/mol. The van der Waals surface area contributed by atoms with E-state index >= 15 is 0 Å². The van der Waals surface area contributed by atoms with Gasteiger partial charge in [-0.2, -0.15) is 0 Å². The SMILES string of the molecule is COc1ccc(CNC2CCCC2)c([N+](=O)[O-])c1. The fraction of sp³-hybridized carbons (Fsp3) is 0.538. The van der Waals surface area contributed by atoms with Gasteiger partial charge in [0.1, 0.15) is 5.75 Å². The van der Waals surface area contributed by atoms with Gasteiger partial charge in [-0.3, -0.25) is 10.1 Å². The number of nitro groups is 1. The summed E-state index contributed by atoms with van der Waals surface area (Å²) in [5.41, 5.74) is 0.840. The number of nitrogens with zero attached hydrogens (tertiary/aromatic N) is 1. The van der Waals surface area contributed by atoms with Crippen LogP contribution in [0.3, 0.4) is 0 Å². The highest BCUT2D eigenvalue weighted by atomic mass is 16.6. The lowest BCUT2D eigenvalue weighted by molar-refractivity contribution is -0.385. The number of methoxy groups -OCH3 is 1. The first-order valence-corrected chi connectivity index (χ1v) is 6.25. The predicted molar refractivity (Wildman–Crippen MR) is 68.7 cm³/mol. The molecule has 0 spiro atoms. The Morgan fingerprint density at radius 1 is 1.44 bits per heavy atom. The Balaban J connectivity index is 2.08. The van der Waals surface area contributed by atoms with Gasteiger partial charge in [0.05, 0.1) is 18.1 Å². The quantitative estimate of drug-likeness (QED) is 0.644. The van der Waals surface area contributed by atoms with Crippen LogP contribution in [0.4, 0.5) is 5.69 Å². The lowest BCUT2D eigenvalue weighted by Gasteiger charge is -2.12. The number of ether oxygens (including phenoxy) is 1. The van der Waals surface area contributed by atoms with Crippen LogP contribution in [-0.2, 0) is 6.54 Å². The average Bonchev–Trinajstić information content (AvgIpc) is 2.89. The molecule has 5 nitrogen and oxygen atoms in total. The maximum Gasteiger partial charge on any atom is 0.277 e. The van der Waals surface area contributed by atoms with Gasteiger partial charge in [-0.25, -0.2) is 0 Å². The van der Waals surface area contributed by atoms with Gasteiger partial charge in [0, 0.05) is 18.2 Å². The summed E-state index contributed by atoms with van der Waals surface area (Å²) in [6.45, 7) is 0.547. The van der Waals surface area contributed by atoms with Crippen LogP contribution in [0.15, 0.2) is 18.2 Å². The summed E-state index contributed by atoms with van der Waals surface area (Å²) in [6, 6.07) is 5.51. The third-order valence-electron chi connectivity index (χ3n) is 3.43. The monoisotopic (exact) mass is 250 g/mol. The lowest BCUT2D eigenvalue weighted by atomic mass is 10.1. The Bertz CT molecular complexity index is 428. The molecule has 0 saturated heterocycles. The molecule has 1 fully saturated rings. The van der Waals surface area contributed by atoms with Crippen LogP contribution in [0, 0.1) is 10.1 Å². The molecule has 1 aromatic rings. The molecule has 1 aromatic carbocycles. The Hall–Kier alpha value is -1.62. The summed E-state index contributed by atoms with van der Waals surface area (Å²) in [4.78, 5) is 10.7. The van der Waals surface area contributed by atoms with Crippen LogP contribution in [0.5, 0.6) is 5.75 Å². The van der Waals surface area contributed by atoms with Gasteiger partial charge in [-0.1, -0.05) is 12.8 Å². The number of hydrogen-bond donors (Lipinski definition) is 1. The van der Waals surface area contributed by atoms with Gasteiger partial charge < -0.3 is 10.1 Å². The van der Waals surface area contributed by atoms with Crippen LogP contribution in [0.2, 0.25) is 0 Å². The van der Waals surface area contributed by atoms with Gasteiger partial charge >= 0.3 is 0 Å². The highest BCUT2D eigenvalue weighted by Crippen LogP contribution is 2.25. The second kappa shape index (κ2) is 5.82. The third-order valence-corrected chi connectivity index (χ3v) is 3.43. The minimum Gasteiger partial charge on any atom is -0.497 e. The zero-order valence-corrected chi connectivity index (χ0v) is 10.5. The van der Waals surface area contributed by atoms with Crippen molar-refractivity contribution in [3.05, 3.63) is 33.9 Å². The third kappa shape index (κ3) is 2.98. The van der Waals surface area contributed by atoms with E-state index in [1.54, 1.807) is 12.1 Å². The minimum absolute atomic E-state index is 0.125. The van der Waals surface area contributed by atoms with Crippen molar-refractivity contribution in [3.8, 4) is 5.75 Å². The summed E-state index contributed by atoms with van der Waals surface area (Å²) >= 11 is 0. The van der Waals surface area contributed by atoms with E-state index in [1.165, 1.54) is 38.9 Å². The van der Waals surface area contributed by atoms with Crippen molar-refractivity contribution < 1.29 is 9.66 Å². The van der Waals surface area contributed by atoms with Gasteiger partial charge in [-0.15, -0.1) is 0 Å². The zero-order chi connectivity index (χ0) is 13.0. The van der Waals surface area contributed by atoms with E-state index in [0.717, 1.165) is 0 Å². The molecule has 1 saturated carbocycles. The summed E-state index contributed by atoms with van der Waals surface area (Å²) in [5.74, 6) is 0.520. The van der Waals surface area contributed by atoms with E-state index in [1.807, 2.05) is 0 Å². The molecule has 1 aliphatic rings. The molecule has 2 rings (SSSR count). The van der Waals surface area contributed by atoms with Crippen molar-refractivity contribution in [3.63, 3.8) is 0 Å². The average molecular weight is 250 g/mol. The van der Waals surface area contributed by atoms with Crippen molar-refractivity contribution in [2.24, 2.45) is 0 Å². The van der Waals surface area contributed by atoms with Crippen LogP contribution >= 0.6 is 0 Å². The Kier molecular flexibility index (Phi) is 4.15. The molecule has 1 N–H and O–H groups in total. The molecular formula is C13H18N2O3. The summed E-state index contributed by atoms with van der Waals surface area (Å²) in [6.07, 6.45) is 4.85. The van der Waals surface area contributed by atoms with E-state index < -0.39 is 0 Å².